The lowest BCUT2D eigenvalue weighted by Gasteiger charge is -2.26. The number of aliphatic hydroxyl groups is 1. The molecule has 0 amide bonds. The Morgan fingerprint density at radius 3 is 2.81 bits per heavy atom. The number of aromatic nitrogens is 2. The number of ether oxygens (including phenoxy) is 1. The Morgan fingerprint density at radius 2 is 2.12 bits per heavy atom. The Bertz CT molecular complexity index is 848. The van der Waals surface area contributed by atoms with Crippen LogP contribution in [0.15, 0.2) is 46.1 Å². The molecule has 8 nitrogen and oxygen atoms in total. The molecule has 1 aromatic heterocycles. The number of nitrogens with one attached hydrogen (secondary N) is 2. The fourth-order valence-corrected chi connectivity index (χ4v) is 3.45. The molecule has 0 saturated carbocycles. The van der Waals surface area contributed by atoms with Crippen molar-refractivity contribution in [3.05, 3.63) is 68.5 Å². The number of hydrogen-bond donors (Lipinski definition) is 4. The minimum atomic E-state index is -0.735. The molecule has 8 heteroatoms. The molecule has 1 saturated heterocycles. The topological polar surface area (TPSA) is 122 Å². The third-order valence-electron chi connectivity index (χ3n) is 4.78. The molecular weight excluding hydrogens is 336 g/mol. The second-order valence-electron chi connectivity index (χ2n) is 6.70. The van der Waals surface area contributed by atoms with Gasteiger partial charge in [0.1, 0.15) is 6.23 Å². The number of nitrogens with zero attached hydrogens (tertiary/aromatic N) is 1. The van der Waals surface area contributed by atoms with E-state index < -0.39 is 29.7 Å². The van der Waals surface area contributed by atoms with Crippen LogP contribution in [-0.2, 0) is 11.2 Å². The molecular formula is C18H24N4O4. The lowest BCUT2D eigenvalue weighted by Crippen LogP contribution is -2.40. The van der Waals surface area contributed by atoms with Crippen LogP contribution < -0.4 is 22.5 Å². The Kier molecular flexibility index (Phi) is 5.67. The van der Waals surface area contributed by atoms with Crippen LogP contribution in [0.4, 0.5) is 0 Å². The predicted molar refractivity (Wildman–Crippen MR) is 96.4 cm³/mol. The van der Waals surface area contributed by atoms with Crippen LogP contribution in [0.2, 0.25) is 0 Å². The first-order valence-electron chi connectivity index (χ1n) is 8.62. The molecule has 1 aromatic carbocycles. The van der Waals surface area contributed by atoms with Crippen LogP contribution in [0, 0.1) is 12.8 Å². The van der Waals surface area contributed by atoms with Crippen molar-refractivity contribution >= 4 is 0 Å². The van der Waals surface area contributed by atoms with E-state index in [-0.39, 0.29) is 12.3 Å². The van der Waals surface area contributed by atoms with Crippen molar-refractivity contribution in [2.24, 2.45) is 11.8 Å². The van der Waals surface area contributed by atoms with Gasteiger partial charge < -0.3 is 9.84 Å². The third-order valence-corrected chi connectivity index (χ3v) is 4.78. The van der Waals surface area contributed by atoms with Gasteiger partial charge in [0.2, 0.25) is 0 Å². The fourth-order valence-electron chi connectivity index (χ4n) is 3.45. The lowest BCUT2D eigenvalue weighted by molar-refractivity contribution is -0.0503. The van der Waals surface area contributed by atoms with E-state index in [0.717, 1.165) is 5.56 Å². The quantitative estimate of drug-likeness (QED) is 0.419. The van der Waals surface area contributed by atoms with Crippen molar-refractivity contribution in [3.8, 4) is 0 Å². The van der Waals surface area contributed by atoms with Crippen molar-refractivity contribution in [2.75, 3.05) is 6.54 Å². The molecule has 1 fully saturated rings. The number of hydrogen-bond acceptors (Lipinski definition) is 6. The first kappa shape index (κ1) is 18.5. The third kappa shape index (κ3) is 3.94. The summed E-state index contributed by atoms with van der Waals surface area (Å²) in [5.41, 5.74) is 3.22. The second kappa shape index (κ2) is 7.96. The molecule has 1 aliphatic rings. The van der Waals surface area contributed by atoms with Gasteiger partial charge in [-0.3, -0.25) is 25.6 Å². The van der Waals surface area contributed by atoms with Crippen molar-refractivity contribution in [2.45, 2.75) is 38.2 Å². The molecule has 140 valence electrons. The zero-order valence-electron chi connectivity index (χ0n) is 14.6. The smallest absolute Gasteiger partial charge is 0.330 e. The van der Waals surface area contributed by atoms with E-state index in [1.54, 1.807) is 6.92 Å². The van der Waals surface area contributed by atoms with Crippen LogP contribution in [-0.4, -0.2) is 33.4 Å². The summed E-state index contributed by atoms with van der Waals surface area (Å²) in [5.74, 6) is 5.45. The summed E-state index contributed by atoms with van der Waals surface area (Å²) in [7, 11) is 0. The maximum Gasteiger partial charge on any atom is 0.330 e. The van der Waals surface area contributed by atoms with Gasteiger partial charge in [0, 0.05) is 30.6 Å². The fraction of sp³-hybridized carbons (Fsp3) is 0.444. The van der Waals surface area contributed by atoms with Crippen molar-refractivity contribution in [1.29, 1.82) is 0 Å². The zero-order chi connectivity index (χ0) is 18.7. The standard InChI is InChI=1S/C18H24N4O4/c1-11-10-22(18(25)21-17(11)24)15-8-14(23)16(26-15)13(9-20-19)7-12-5-3-2-4-6-12/h2-6,10,13-16,20,23H,7-9,19H2,1H3,(H,21,24,25)/t13?,14-,15+,16+/m0/s1. The van der Waals surface area contributed by atoms with Crippen molar-refractivity contribution in [3.63, 3.8) is 0 Å². The van der Waals surface area contributed by atoms with E-state index in [1.165, 1.54) is 10.8 Å². The van der Waals surface area contributed by atoms with Crippen LogP contribution in [0.25, 0.3) is 0 Å². The summed E-state index contributed by atoms with van der Waals surface area (Å²) < 4.78 is 7.35. The van der Waals surface area contributed by atoms with E-state index in [4.69, 9.17) is 10.6 Å². The average Bonchev–Trinajstić information content (AvgIpc) is 3.00. The Morgan fingerprint density at radius 1 is 1.38 bits per heavy atom. The largest absolute Gasteiger partial charge is 0.390 e. The maximum atomic E-state index is 12.1. The SMILES string of the molecule is Cc1cn([C@H]2C[C@H](O)[C@@H](C(CNN)Cc3ccccc3)O2)c(=O)[nH]c1=O. The summed E-state index contributed by atoms with van der Waals surface area (Å²) in [5, 5.41) is 10.5. The normalized spacial score (nSPS) is 23.9. The van der Waals surface area contributed by atoms with Gasteiger partial charge in [-0.25, -0.2) is 4.79 Å². The lowest BCUT2D eigenvalue weighted by atomic mass is 9.91. The van der Waals surface area contributed by atoms with Gasteiger partial charge in [-0.05, 0) is 18.9 Å². The van der Waals surface area contributed by atoms with E-state index in [0.29, 0.717) is 18.5 Å². The number of benzene rings is 1. The van der Waals surface area contributed by atoms with Crippen molar-refractivity contribution < 1.29 is 9.84 Å². The molecule has 4 atom stereocenters. The highest BCUT2D eigenvalue weighted by atomic mass is 16.5. The van der Waals surface area contributed by atoms with Crippen molar-refractivity contribution in [1.82, 2.24) is 15.0 Å². The van der Waals surface area contributed by atoms with Gasteiger partial charge >= 0.3 is 5.69 Å². The highest BCUT2D eigenvalue weighted by Gasteiger charge is 2.40. The Hall–Kier alpha value is -2.26. The molecule has 2 heterocycles. The van der Waals surface area contributed by atoms with Crippen LogP contribution >= 0.6 is 0 Å². The minimum Gasteiger partial charge on any atom is -0.390 e. The molecule has 0 radical (unpaired) electrons. The van der Waals surface area contributed by atoms with Gasteiger partial charge in [-0.15, -0.1) is 0 Å². The van der Waals surface area contributed by atoms with Gasteiger partial charge in [0.15, 0.2) is 0 Å². The molecule has 3 rings (SSSR count). The van der Waals surface area contributed by atoms with Crippen LogP contribution in [0.5, 0.6) is 0 Å². The Balaban J connectivity index is 1.81. The van der Waals surface area contributed by atoms with Gasteiger partial charge in [0.05, 0.1) is 12.2 Å². The van der Waals surface area contributed by atoms with E-state index >= 15 is 0 Å². The molecule has 0 bridgehead atoms. The summed E-state index contributed by atoms with van der Waals surface area (Å²) in [4.78, 5) is 25.9. The number of H-pyrrole nitrogens is 1. The van der Waals surface area contributed by atoms with E-state index in [9.17, 15) is 14.7 Å². The summed E-state index contributed by atoms with van der Waals surface area (Å²) in [6.45, 7) is 2.08. The molecule has 1 aliphatic heterocycles. The molecule has 2 aromatic rings. The first-order valence-corrected chi connectivity index (χ1v) is 8.62. The first-order chi connectivity index (χ1) is 12.5. The summed E-state index contributed by atoms with van der Waals surface area (Å²) >= 11 is 0. The Labute approximate surface area is 150 Å². The van der Waals surface area contributed by atoms with Gasteiger partial charge in [-0.2, -0.15) is 0 Å². The summed E-state index contributed by atoms with van der Waals surface area (Å²) in [6, 6.07) is 9.89. The van der Waals surface area contributed by atoms with E-state index in [1.807, 2.05) is 30.3 Å². The maximum absolute atomic E-state index is 12.1. The minimum absolute atomic E-state index is 0.0676. The molecule has 5 N–H and O–H groups in total. The van der Waals surface area contributed by atoms with Gasteiger partial charge in [-0.1, -0.05) is 30.3 Å². The number of hydrazine groups is 1. The second-order valence-corrected chi connectivity index (χ2v) is 6.70. The van der Waals surface area contributed by atoms with Crippen LogP contribution in [0.1, 0.15) is 23.8 Å². The monoisotopic (exact) mass is 360 g/mol. The number of aromatic amines is 1. The van der Waals surface area contributed by atoms with E-state index in [2.05, 4.69) is 10.4 Å². The number of aryl methyl sites for hydroxylation is 1. The molecule has 26 heavy (non-hydrogen) atoms. The number of rotatable bonds is 6. The molecule has 0 spiro atoms. The zero-order valence-corrected chi connectivity index (χ0v) is 14.6. The average molecular weight is 360 g/mol. The predicted octanol–water partition coefficient (Wildman–Crippen LogP) is -0.184. The summed E-state index contributed by atoms with van der Waals surface area (Å²) in [6.07, 6.45) is 0.574. The molecule has 0 aliphatic carbocycles. The van der Waals surface area contributed by atoms with Gasteiger partial charge in [0.25, 0.3) is 5.56 Å². The number of aliphatic hydroxyl groups excluding tert-OH is 1. The number of nitrogens with two attached hydrogens (primary N) is 1. The molecule has 1 unspecified atom stereocenters. The highest BCUT2D eigenvalue weighted by Crippen LogP contribution is 2.33. The highest BCUT2D eigenvalue weighted by molar-refractivity contribution is 5.16. The van der Waals surface area contributed by atoms with Crippen LogP contribution in [0.3, 0.4) is 0 Å².